The number of rotatable bonds is 6. The summed E-state index contributed by atoms with van der Waals surface area (Å²) < 4.78 is 7.73. The van der Waals surface area contributed by atoms with Crippen molar-refractivity contribution >= 4 is 0 Å². The highest BCUT2D eigenvalue weighted by Crippen LogP contribution is 2.29. The number of benzene rings is 1. The molecule has 1 aromatic heterocycles. The summed E-state index contributed by atoms with van der Waals surface area (Å²) in [5.74, 6) is 0.786. The summed E-state index contributed by atoms with van der Waals surface area (Å²) in [6.45, 7) is 3.17. The zero-order chi connectivity index (χ0) is 16.1. The normalized spacial score (nSPS) is 17.1. The van der Waals surface area contributed by atoms with Crippen LogP contribution in [0.2, 0.25) is 0 Å². The summed E-state index contributed by atoms with van der Waals surface area (Å²) in [4.78, 5) is 2.32. The highest BCUT2D eigenvalue weighted by Gasteiger charge is 2.16. The van der Waals surface area contributed by atoms with Crippen LogP contribution in [0.1, 0.15) is 19.3 Å². The van der Waals surface area contributed by atoms with E-state index in [1.807, 2.05) is 42.1 Å². The molecule has 1 aliphatic heterocycles. The fraction of sp³-hybridized carbons (Fsp3) is 0.500. The Morgan fingerprint density at radius 3 is 2.70 bits per heavy atom. The molecule has 3 rings (SSSR count). The molecule has 0 spiro atoms. The average molecular weight is 315 g/mol. The van der Waals surface area contributed by atoms with Crippen molar-refractivity contribution in [1.82, 2.24) is 14.7 Å². The minimum absolute atomic E-state index is 0.311. The summed E-state index contributed by atoms with van der Waals surface area (Å²) in [5, 5.41) is 14.5. The lowest BCUT2D eigenvalue weighted by atomic mass is 10.1. The number of ether oxygens (including phenoxy) is 1. The number of likely N-dealkylation sites (tertiary alicyclic amines) is 1. The van der Waals surface area contributed by atoms with E-state index in [-0.39, 0.29) is 0 Å². The molecule has 5 heteroatoms. The molecule has 23 heavy (non-hydrogen) atoms. The number of β-amino-alcohol motifs (C(OH)–C–C–N with tert-alkyl or cyclic N) is 1. The molecule has 2 heterocycles. The molecule has 1 atom stereocenters. The Morgan fingerprint density at radius 1 is 1.17 bits per heavy atom. The SMILES string of the molecule is Cn1nccc1-c1ccccc1OCC(O)CN1CCCCC1. The molecule has 0 radical (unpaired) electrons. The molecule has 1 N–H and O–H groups in total. The van der Waals surface area contributed by atoms with Gasteiger partial charge in [-0.25, -0.2) is 0 Å². The summed E-state index contributed by atoms with van der Waals surface area (Å²) in [6.07, 6.45) is 5.08. The molecule has 0 amide bonds. The Hall–Kier alpha value is -1.85. The maximum Gasteiger partial charge on any atom is 0.128 e. The molecule has 0 aliphatic carbocycles. The Morgan fingerprint density at radius 2 is 1.96 bits per heavy atom. The van der Waals surface area contributed by atoms with E-state index in [1.54, 1.807) is 6.20 Å². The van der Waals surface area contributed by atoms with Crippen molar-refractivity contribution in [2.45, 2.75) is 25.4 Å². The number of nitrogens with zero attached hydrogens (tertiary/aromatic N) is 3. The molecular formula is C18H25N3O2. The lowest BCUT2D eigenvalue weighted by molar-refractivity contribution is 0.0619. The second kappa shape index (κ2) is 7.62. The van der Waals surface area contributed by atoms with E-state index < -0.39 is 6.10 Å². The van der Waals surface area contributed by atoms with Crippen LogP contribution in [0.4, 0.5) is 0 Å². The largest absolute Gasteiger partial charge is 0.490 e. The third-order valence-corrected chi connectivity index (χ3v) is 4.33. The van der Waals surface area contributed by atoms with E-state index in [1.165, 1.54) is 19.3 Å². The van der Waals surface area contributed by atoms with Crippen molar-refractivity contribution in [2.24, 2.45) is 7.05 Å². The maximum absolute atomic E-state index is 10.3. The molecule has 0 bridgehead atoms. The van der Waals surface area contributed by atoms with Crippen molar-refractivity contribution in [1.29, 1.82) is 0 Å². The summed E-state index contributed by atoms with van der Waals surface area (Å²) >= 11 is 0. The highest BCUT2D eigenvalue weighted by atomic mass is 16.5. The molecule has 124 valence electrons. The lowest BCUT2D eigenvalue weighted by Gasteiger charge is -2.28. The molecule has 1 aliphatic rings. The predicted octanol–water partition coefficient (Wildman–Crippen LogP) is 2.31. The summed E-state index contributed by atoms with van der Waals surface area (Å²) in [5.41, 5.74) is 2.00. The molecular weight excluding hydrogens is 290 g/mol. The second-order valence-corrected chi connectivity index (χ2v) is 6.16. The van der Waals surface area contributed by atoms with Gasteiger partial charge in [0, 0.05) is 25.4 Å². The van der Waals surface area contributed by atoms with Gasteiger partial charge in [0.2, 0.25) is 0 Å². The number of aromatic nitrogens is 2. The van der Waals surface area contributed by atoms with E-state index >= 15 is 0 Å². The number of hydrogen-bond acceptors (Lipinski definition) is 4. The number of aryl methyl sites for hydroxylation is 1. The van der Waals surface area contributed by atoms with Gasteiger partial charge in [0.05, 0.1) is 5.69 Å². The standard InChI is InChI=1S/C18H25N3O2/c1-20-17(9-10-19-20)16-7-3-4-8-18(16)23-14-15(22)13-21-11-5-2-6-12-21/h3-4,7-10,15,22H,2,5-6,11-14H2,1H3. The van der Waals surface area contributed by atoms with Crippen molar-refractivity contribution < 1.29 is 9.84 Å². The van der Waals surface area contributed by atoms with Crippen LogP contribution in [0, 0.1) is 0 Å². The van der Waals surface area contributed by atoms with Gasteiger partial charge in [-0.05, 0) is 44.1 Å². The van der Waals surface area contributed by atoms with Crippen molar-refractivity contribution in [3.8, 4) is 17.0 Å². The lowest BCUT2D eigenvalue weighted by Crippen LogP contribution is -2.38. The summed E-state index contributed by atoms with van der Waals surface area (Å²) in [7, 11) is 1.91. The Balaban J connectivity index is 1.61. The zero-order valence-electron chi connectivity index (χ0n) is 13.7. The van der Waals surface area contributed by atoms with E-state index in [2.05, 4.69) is 10.00 Å². The molecule has 0 saturated carbocycles. The van der Waals surface area contributed by atoms with Gasteiger partial charge in [0.15, 0.2) is 0 Å². The minimum Gasteiger partial charge on any atom is -0.490 e. The Bertz CT molecular complexity index is 620. The zero-order valence-corrected chi connectivity index (χ0v) is 13.7. The number of aliphatic hydroxyl groups is 1. The first-order valence-corrected chi connectivity index (χ1v) is 8.34. The number of hydrogen-bond donors (Lipinski definition) is 1. The topological polar surface area (TPSA) is 50.5 Å². The minimum atomic E-state index is -0.465. The van der Waals surface area contributed by atoms with E-state index in [0.29, 0.717) is 13.2 Å². The van der Waals surface area contributed by atoms with Crippen LogP contribution in [0.3, 0.4) is 0 Å². The van der Waals surface area contributed by atoms with Crippen LogP contribution >= 0.6 is 0 Å². The van der Waals surface area contributed by atoms with Gasteiger partial charge in [0.25, 0.3) is 0 Å². The van der Waals surface area contributed by atoms with Gasteiger partial charge >= 0.3 is 0 Å². The number of para-hydroxylation sites is 1. The van der Waals surface area contributed by atoms with Gasteiger partial charge < -0.3 is 14.7 Å². The van der Waals surface area contributed by atoms with Gasteiger partial charge in [-0.15, -0.1) is 0 Å². The van der Waals surface area contributed by atoms with Crippen molar-refractivity contribution in [3.63, 3.8) is 0 Å². The second-order valence-electron chi connectivity index (χ2n) is 6.16. The van der Waals surface area contributed by atoms with Crippen molar-refractivity contribution in [2.75, 3.05) is 26.2 Å². The molecule has 2 aromatic rings. The van der Waals surface area contributed by atoms with Gasteiger partial charge in [-0.3, -0.25) is 4.68 Å². The first kappa shape index (κ1) is 16.0. The summed E-state index contributed by atoms with van der Waals surface area (Å²) in [6, 6.07) is 9.86. The predicted molar refractivity (Wildman–Crippen MR) is 90.4 cm³/mol. The van der Waals surface area contributed by atoms with Crippen LogP contribution in [0.5, 0.6) is 5.75 Å². The molecule has 1 unspecified atom stereocenters. The van der Waals surface area contributed by atoms with Crippen LogP contribution in [0.15, 0.2) is 36.5 Å². The monoisotopic (exact) mass is 315 g/mol. The molecule has 5 nitrogen and oxygen atoms in total. The first-order valence-electron chi connectivity index (χ1n) is 8.34. The number of piperidine rings is 1. The molecule has 1 aromatic carbocycles. The maximum atomic E-state index is 10.3. The average Bonchev–Trinajstić information content (AvgIpc) is 3.00. The Labute approximate surface area is 137 Å². The van der Waals surface area contributed by atoms with Gasteiger partial charge in [-0.2, -0.15) is 5.10 Å². The van der Waals surface area contributed by atoms with E-state index in [0.717, 1.165) is 30.1 Å². The highest BCUT2D eigenvalue weighted by molar-refractivity contribution is 5.67. The van der Waals surface area contributed by atoms with E-state index in [9.17, 15) is 5.11 Å². The van der Waals surface area contributed by atoms with Crippen LogP contribution in [0.25, 0.3) is 11.3 Å². The third kappa shape index (κ3) is 4.12. The van der Waals surface area contributed by atoms with Crippen LogP contribution in [-0.4, -0.2) is 52.1 Å². The van der Waals surface area contributed by atoms with Crippen molar-refractivity contribution in [3.05, 3.63) is 36.5 Å². The van der Waals surface area contributed by atoms with Crippen LogP contribution < -0.4 is 4.74 Å². The van der Waals surface area contributed by atoms with Gasteiger partial charge in [-0.1, -0.05) is 18.6 Å². The van der Waals surface area contributed by atoms with E-state index in [4.69, 9.17) is 4.74 Å². The third-order valence-electron chi connectivity index (χ3n) is 4.33. The Kier molecular flexibility index (Phi) is 5.31. The first-order chi connectivity index (χ1) is 11.2. The smallest absolute Gasteiger partial charge is 0.128 e. The quantitative estimate of drug-likeness (QED) is 0.889. The van der Waals surface area contributed by atoms with Gasteiger partial charge in [0.1, 0.15) is 18.5 Å². The number of aliphatic hydroxyl groups excluding tert-OH is 1. The molecule has 1 fully saturated rings. The molecule has 1 saturated heterocycles. The fourth-order valence-corrected chi connectivity index (χ4v) is 3.12. The van der Waals surface area contributed by atoms with Crippen LogP contribution in [-0.2, 0) is 7.05 Å². The fourth-order valence-electron chi connectivity index (χ4n) is 3.12.